The fourth-order valence-electron chi connectivity index (χ4n) is 4.39. The van der Waals surface area contributed by atoms with Crippen LogP contribution in [0.2, 0.25) is 0 Å². The van der Waals surface area contributed by atoms with Crippen LogP contribution < -0.4 is 16.2 Å². The third kappa shape index (κ3) is 7.10. The first-order valence-electron chi connectivity index (χ1n) is 12.5. The van der Waals surface area contributed by atoms with Gasteiger partial charge in [0.15, 0.2) is 0 Å². The maximum atomic E-state index is 13.1. The Bertz CT molecular complexity index is 1130. The van der Waals surface area contributed by atoms with Gasteiger partial charge in [0.05, 0.1) is 19.3 Å². The molecule has 1 atom stereocenters. The summed E-state index contributed by atoms with van der Waals surface area (Å²) < 4.78 is 11.9. The van der Waals surface area contributed by atoms with E-state index in [4.69, 9.17) is 20.9 Å². The summed E-state index contributed by atoms with van der Waals surface area (Å²) in [6, 6.07) is 14.0. The zero-order chi connectivity index (χ0) is 25.2. The van der Waals surface area contributed by atoms with Crippen molar-refractivity contribution in [3.05, 3.63) is 77.9 Å². The van der Waals surface area contributed by atoms with Crippen LogP contribution in [0.15, 0.2) is 61.2 Å². The fourth-order valence-corrected chi connectivity index (χ4v) is 4.39. The van der Waals surface area contributed by atoms with E-state index in [1.165, 1.54) is 6.33 Å². The van der Waals surface area contributed by atoms with Gasteiger partial charge >= 0.3 is 0 Å². The molecule has 0 saturated heterocycles. The number of amides is 1. The molecule has 1 aliphatic heterocycles. The van der Waals surface area contributed by atoms with Crippen LogP contribution >= 0.6 is 0 Å². The molecular weight excluding hydrogens is 454 g/mol. The molecule has 36 heavy (non-hydrogen) atoms. The topological polar surface area (TPSA) is 117 Å². The monoisotopic (exact) mass is 489 g/mol. The van der Waals surface area contributed by atoms with Gasteiger partial charge in [0.2, 0.25) is 5.91 Å². The van der Waals surface area contributed by atoms with Gasteiger partial charge in [-0.15, -0.1) is 0 Å². The Hall–Kier alpha value is -3.33. The van der Waals surface area contributed by atoms with Crippen LogP contribution in [-0.4, -0.2) is 59.7 Å². The first-order valence-corrected chi connectivity index (χ1v) is 12.5. The average molecular weight is 490 g/mol. The fraction of sp³-hybridized carbons (Fsp3) is 0.393. The van der Waals surface area contributed by atoms with E-state index in [1.54, 1.807) is 17.3 Å². The number of hydrogen-bond donors (Lipinski definition) is 2. The molecule has 4 N–H and O–H groups in total. The molecule has 0 unspecified atom stereocenters. The Morgan fingerprint density at radius 1 is 1.00 bits per heavy atom. The van der Waals surface area contributed by atoms with Gasteiger partial charge in [-0.1, -0.05) is 36.8 Å². The van der Waals surface area contributed by atoms with Crippen molar-refractivity contribution in [3.8, 4) is 16.9 Å². The van der Waals surface area contributed by atoms with E-state index in [-0.39, 0.29) is 5.91 Å². The Morgan fingerprint density at radius 2 is 1.83 bits per heavy atom. The van der Waals surface area contributed by atoms with Gasteiger partial charge in [0, 0.05) is 37.5 Å². The molecule has 1 amide bonds. The molecule has 1 aliphatic rings. The molecule has 0 fully saturated rings. The minimum atomic E-state index is -0.533. The Morgan fingerprint density at radius 3 is 2.67 bits per heavy atom. The van der Waals surface area contributed by atoms with E-state index >= 15 is 0 Å². The van der Waals surface area contributed by atoms with Crippen molar-refractivity contribution in [1.29, 1.82) is 0 Å². The number of unbranched alkanes of at least 4 members (excludes halogenated alkanes) is 1. The summed E-state index contributed by atoms with van der Waals surface area (Å²) in [6.07, 6.45) is 8.17. The number of rotatable bonds is 6. The van der Waals surface area contributed by atoms with Crippen LogP contribution in [-0.2, 0) is 22.5 Å². The highest BCUT2D eigenvalue weighted by Gasteiger charge is 2.21. The van der Waals surface area contributed by atoms with Gasteiger partial charge in [-0.3, -0.25) is 4.79 Å². The van der Waals surface area contributed by atoms with Crippen molar-refractivity contribution in [3.63, 3.8) is 0 Å². The first kappa shape index (κ1) is 25.8. The van der Waals surface area contributed by atoms with Crippen molar-refractivity contribution < 1.29 is 14.3 Å². The van der Waals surface area contributed by atoms with Crippen molar-refractivity contribution in [1.82, 2.24) is 14.9 Å². The molecule has 3 aromatic rings. The number of nitrogens with zero attached hydrogens (tertiary/aromatic N) is 3. The molecule has 2 bridgehead atoms. The molecule has 4 rings (SSSR count). The van der Waals surface area contributed by atoms with Crippen molar-refractivity contribution in [2.75, 3.05) is 32.9 Å². The molecule has 0 saturated carbocycles. The van der Waals surface area contributed by atoms with Crippen LogP contribution in [0.3, 0.4) is 0 Å². The first-order chi connectivity index (χ1) is 17.6. The lowest BCUT2D eigenvalue weighted by Crippen LogP contribution is -2.44. The Balaban J connectivity index is 1.57. The second-order valence-corrected chi connectivity index (χ2v) is 9.06. The van der Waals surface area contributed by atoms with Crippen LogP contribution in [0.1, 0.15) is 36.0 Å². The predicted octanol–water partition coefficient (Wildman–Crippen LogP) is 2.93. The molecule has 2 heterocycles. The zero-order valence-corrected chi connectivity index (χ0v) is 20.6. The largest absolute Gasteiger partial charge is 0.491 e. The quantitative estimate of drug-likeness (QED) is 0.511. The Kier molecular flexibility index (Phi) is 9.38. The van der Waals surface area contributed by atoms with Gasteiger partial charge in [0.1, 0.15) is 18.7 Å². The van der Waals surface area contributed by atoms with Gasteiger partial charge in [-0.25, -0.2) is 9.97 Å². The number of benzene rings is 2. The molecule has 190 valence electrons. The highest BCUT2D eigenvalue weighted by Crippen LogP contribution is 2.28. The lowest BCUT2D eigenvalue weighted by atomic mass is 9.98. The van der Waals surface area contributed by atoms with Gasteiger partial charge in [-0.2, -0.15) is 0 Å². The normalized spacial score (nSPS) is 15.3. The SMILES string of the molecule is NCCCC[C@@H](N)C(=O)N1CCOCCOc2ccc(-c3cncnc3)cc2Cc2cccc(c2)C1. The van der Waals surface area contributed by atoms with Crippen molar-refractivity contribution in [2.24, 2.45) is 11.5 Å². The third-order valence-electron chi connectivity index (χ3n) is 6.30. The number of carbonyl (C=O) groups excluding carboxylic acids is 1. The molecule has 1 aromatic heterocycles. The van der Waals surface area contributed by atoms with Crippen LogP contribution in [0.25, 0.3) is 11.1 Å². The smallest absolute Gasteiger partial charge is 0.239 e. The van der Waals surface area contributed by atoms with E-state index < -0.39 is 6.04 Å². The molecule has 8 nitrogen and oxygen atoms in total. The zero-order valence-electron chi connectivity index (χ0n) is 20.6. The van der Waals surface area contributed by atoms with E-state index in [0.717, 1.165) is 46.4 Å². The summed E-state index contributed by atoms with van der Waals surface area (Å²) in [6.45, 7) is 2.86. The van der Waals surface area contributed by atoms with E-state index in [0.29, 0.717) is 52.3 Å². The number of ether oxygens (including phenoxy) is 2. The summed E-state index contributed by atoms with van der Waals surface area (Å²) in [7, 11) is 0. The standard InChI is InChI=1S/C28H35N5O3/c29-9-2-1-6-26(30)28(34)33-10-11-35-12-13-36-27-8-7-23(25-17-31-20-32-18-25)16-24(27)15-21-4-3-5-22(14-21)19-33/h3-5,7-8,14,16-18,20,26H,1-2,6,9-13,15,19,29-30H2/t26-/m1/s1. The van der Waals surface area contributed by atoms with E-state index in [1.807, 2.05) is 24.3 Å². The van der Waals surface area contributed by atoms with E-state index in [9.17, 15) is 4.79 Å². The number of fused-ring (bicyclic) bond motifs is 3. The second kappa shape index (κ2) is 13.1. The molecule has 0 radical (unpaired) electrons. The lowest BCUT2D eigenvalue weighted by Gasteiger charge is -2.26. The summed E-state index contributed by atoms with van der Waals surface area (Å²) in [5.74, 6) is 0.784. The molecule has 0 aliphatic carbocycles. The summed E-state index contributed by atoms with van der Waals surface area (Å²) in [4.78, 5) is 23.2. The van der Waals surface area contributed by atoms with Crippen LogP contribution in [0.5, 0.6) is 5.75 Å². The molecular formula is C28H35N5O3. The van der Waals surface area contributed by atoms with Crippen LogP contribution in [0, 0.1) is 0 Å². The highest BCUT2D eigenvalue weighted by molar-refractivity contribution is 5.81. The number of aromatic nitrogens is 2. The second-order valence-electron chi connectivity index (χ2n) is 9.06. The molecule has 0 spiro atoms. The number of carbonyl (C=O) groups is 1. The van der Waals surface area contributed by atoms with Gasteiger partial charge in [-0.05, 0) is 53.8 Å². The number of hydrogen-bond acceptors (Lipinski definition) is 7. The summed E-state index contributed by atoms with van der Waals surface area (Å²) >= 11 is 0. The highest BCUT2D eigenvalue weighted by atomic mass is 16.5. The van der Waals surface area contributed by atoms with Gasteiger partial charge in [0.25, 0.3) is 0 Å². The third-order valence-corrected chi connectivity index (χ3v) is 6.30. The average Bonchev–Trinajstić information content (AvgIpc) is 2.90. The molecule has 8 heteroatoms. The predicted molar refractivity (Wildman–Crippen MR) is 139 cm³/mol. The Labute approximate surface area is 212 Å². The maximum Gasteiger partial charge on any atom is 0.239 e. The minimum Gasteiger partial charge on any atom is -0.491 e. The molecule has 2 aromatic carbocycles. The summed E-state index contributed by atoms with van der Waals surface area (Å²) in [5, 5.41) is 0. The van der Waals surface area contributed by atoms with Gasteiger partial charge < -0.3 is 25.8 Å². The number of nitrogens with two attached hydrogens (primary N) is 2. The minimum absolute atomic E-state index is 0.0514. The van der Waals surface area contributed by atoms with Crippen molar-refractivity contribution in [2.45, 2.75) is 38.3 Å². The lowest BCUT2D eigenvalue weighted by molar-refractivity contribution is -0.134. The van der Waals surface area contributed by atoms with Crippen LogP contribution in [0.4, 0.5) is 0 Å². The van der Waals surface area contributed by atoms with Crippen molar-refractivity contribution >= 4 is 5.91 Å². The maximum absolute atomic E-state index is 13.1. The summed E-state index contributed by atoms with van der Waals surface area (Å²) in [5.41, 5.74) is 17.1. The van der Waals surface area contributed by atoms with E-state index in [2.05, 4.69) is 28.2 Å².